The van der Waals surface area contributed by atoms with Gasteiger partial charge in [-0.15, -0.1) is 11.3 Å². The third-order valence-electron chi connectivity index (χ3n) is 2.99. The normalized spacial score (nSPS) is 12.4. The van der Waals surface area contributed by atoms with E-state index in [1.54, 1.807) is 22.2 Å². The average Bonchev–Trinajstić information content (AvgIpc) is 3.06. The monoisotopic (exact) mass is 303 g/mol. The minimum absolute atomic E-state index is 0.0323. The van der Waals surface area contributed by atoms with Crippen LogP contribution in [-0.4, -0.2) is 19.7 Å². The zero-order valence-electron chi connectivity index (χ0n) is 10.6. The van der Waals surface area contributed by atoms with Crippen molar-refractivity contribution in [2.24, 2.45) is 0 Å². The molecular weight excluding hydrogens is 294 g/mol. The lowest BCUT2D eigenvalue weighted by Crippen LogP contribution is -2.04. The lowest BCUT2D eigenvalue weighted by Gasteiger charge is -2.06. The first kappa shape index (κ1) is 13.0. The summed E-state index contributed by atoms with van der Waals surface area (Å²) in [6, 6.07) is 4.09. The lowest BCUT2D eigenvalue weighted by atomic mass is 10.2. The summed E-state index contributed by atoms with van der Waals surface area (Å²) < 4.78 is 2.76. The zero-order valence-corrected chi connectivity index (χ0v) is 12.2. The number of halogens is 1. The Kier molecular flexibility index (Phi) is 3.38. The van der Waals surface area contributed by atoms with E-state index in [0.29, 0.717) is 6.42 Å². The molecule has 0 bridgehead atoms. The van der Waals surface area contributed by atoms with Crippen LogP contribution in [0.3, 0.4) is 0 Å². The highest BCUT2D eigenvalue weighted by molar-refractivity contribution is 7.17. The summed E-state index contributed by atoms with van der Waals surface area (Å²) in [5.41, 5.74) is 2.50. The molecule has 1 unspecified atom stereocenters. The van der Waals surface area contributed by atoms with Crippen LogP contribution in [0.5, 0.6) is 0 Å². The Morgan fingerprint density at radius 2 is 2.35 bits per heavy atom. The highest BCUT2D eigenvalue weighted by Crippen LogP contribution is 2.31. The Bertz CT molecular complexity index is 801. The average molecular weight is 304 g/mol. The molecule has 20 heavy (non-hydrogen) atoms. The molecule has 0 aliphatic rings. The van der Waals surface area contributed by atoms with E-state index in [1.807, 2.05) is 24.6 Å². The van der Waals surface area contributed by atoms with Crippen LogP contribution in [-0.2, 0) is 0 Å². The van der Waals surface area contributed by atoms with Crippen LogP contribution < -0.4 is 0 Å². The van der Waals surface area contributed by atoms with Crippen molar-refractivity contribution in [3.8, 4) is 17.3 Å². The summed E-state index contributed by atoms with van der Waals surface area (Å²) in [5, 5.41) is 15.2. The second kappa shape index (κ2) is 5.19. The number of aromatic nitrogens is 4. The van der Waals surface area contributed by atoms with Crippen molar-refractivity contribution < 1.29 is 0 Å². The number of rotatable bonds is 3. The van der Waals surface area contributed by atoms with Crippen LogP contribution >= 0.6 is 22.9 Å². The van der Waals surface area contributed by atoms with Gasteiger partial charge in [0.05, 0.1) is 40.6 Å². The Balaban J connectivity index is 2.08. The highest BCUT2D eigenvalue weighted by atomic mass is 35.5. The molecule has 0 fully saturated rings. The third-order valence-corrected chi connectivity index (χ3v) is 4.07. The molecule has 0 amide bonds. The van der Waals surface area contributed by atoms with Crippen molar-refractivity contribution >= 4 is 33.2 Å². The molecule has 0 N–H and O–H groups in total. The fourth-order valence-electron chi connectivity index (χ4n) is 1.96. The molecule has 0 aromatic carbocycles. The van der Waals surface area contributed by atoms with Gasteiger partial charge in [-0.3, -0.25) is 4.68 Å². The van der Waals surface area contributed by atoms with Crippen molar-refractivity contribution in [3.63, 3.8) is 0 Å². The summed E-state index contributed by atoms with van der Waals surface area (Å²) in [6.07, 6.45) is 4.05. The Labute approximate surface area is 124 Å². The zero-order chi connectivity index (χ0) is 14.1. The van der Waals surface area contributed by atoms with Gasteiger partial charge in [-0.05, 0) is 30.0 Å². The van der Waals surface area contributed by atoms with E-state index >= 15 is 0 Å². The van der Waals surface area contributed by atoms with Gasteiger partial charge in [0.2, 0.25) is 5.28 Å². The molecule has 3 aromatic rings. The van der Waals surface area contributed by atoms with Gasteiger partial charge in [-0.25, -0.2) is 9.97 Å². The number of thiophene rings is 1. The van der Waals surface area contributed by atoms with Gasteiger partial charge in [-0.2, -0.15) is 10.4 Å². The van der Waals surface area contributed by atoms with Crippen LogP contribution in [0, 0.1) is 11.3 Å². The van der Waals surface area contributed by atoms with Crippen LogP contribution in [0.25, 0.3) is 21.5 Å². The number of hydrogen-bond acceptors (Lipinski definition) is 5. The van der Waals surface area contributed by atoms with Gasteiger partial charge in [0.1, 0.15) is 0 Å². The molecule has 0 radical (unpaired) electrons. The van der Waals surface area contributed by atoms with E-state index in [2.05, 4.69) is 21.1 Å². The molecule has 0 saturated heterocycles. The second-order valence-electron chi connectivity index (χ2n) is 4.40. The fourth-order valence-corrected chi connectivity index (χ4v) is 2.98. The molecule has 100 valence electrons. The van der Waals surface area contributed by atoms with Crippen LogP contribution in [0.15, 0.2) is 23.8 Å². The first-order chi connectivity index (χ1) is 9.69. The molecule has 3 heterocycles. The molecule has 0 aliphatic carbocycles. The van der Waals surface area contributed by atoms with Gasteiger partial charge >= 0.3 is 0 Å². The quantitative estimate of drug-likeness (QED) is 0.692. The predicted octanol–water partition coefficient (Wildman–Crippen LogP) is 3.68. The molecule has 3 rings (SSSR count). The summed E-state index contributed by atoms with van der Waals surface area (Å²) in [7, 11) is 0. The van der Waals surface area contributed by atoms with E-state index < -0.39 is 0 Å². The van der Waals surface area contributed by atoms with Crippen molar-refractivity contribution in [3.05, 3.63) is 29.1 Å². The van der Waals surface area contributed by atoms with Crippen LogP contribution in [0.4, 0.5) is 0 Å². The van der Waals surface area contributed by atoms with E-state index in [4.69, 9.17) is 16.9 Å². The van der Waals surface area contributed by atoms with Crippen molar-refractivity contribution in [2.75, 3.05) is 0 Å². The molecule has 0 saturated carbocycles. The second-order valence-corrected chi connectivity index (χ2v) is 5.65. The van der Waals surface area contributed by atoms with E-state index in [-0.39, 0.29) is 11.3 Å². The lowest BCUT2D eigenvalue weighted by molar-refractivity contribution is 0.500. The van der Waals surface area contributed by atoms with E-state index in [0.717, 1.165) is 21.5 Å². The van der Waals surface area contributed by atoms with Crippen molar-refractivity contribution in [1.29, 1.82) is 5.26 Å². The number of fused-ring (bicyclic) bond motifs is 1. The maximum atomic E-state index is 8.74. The first-order valence-corrected chi connectivity index (χ1v) is 7.27. The standard InChI is InChI=1S/C13H10ClN5S/c1-8(2-4-15)19-7-9(6-16-19)11-12-10(3-5-20-12)17-13(14)18-11/h3,5-8H,2H2,1H3. The smallest absolute Gasteiger partial charge is 0.223 e. The molecule has 0 spiro atoms. The molecule has 1 atom stereocenters. The van der Waals surface area contributed by atoms with Gasteiger partial charge in [0, 0.05) is 11.8 Å². The SMILES string of the molecule is CC(CC#N)n1cc(-c2nc(Cl)nc3ccsc23)cn1. The number of nitriles is 1. The third kappa shape index (κ3) is 2.26. The Morgan fingerprint density at radius 1 is 1.50 bits per heavy atom. The molecular formula is C13H10ClN5S. The fraction of sp³-hybridized carbons (Fsp3) is 0.231. The van der Waals surface area contributed by atoms with Gasteiger partial charge < -0.3 is 0 Å². The van der Waals surface area contributed by atoms with E-state index in [1.165, 1.54) is 0 Å². The van der Waals surface area contributed by atoms with Gasteiger partial charge in [0.15, 0.2) is 0 Å². The predicted molar refractivity (Wildman–Crippen MR) is 78.6 cm³/mol. The minimum Gasteiger partial charge on any atom is -0.268 e. The topological polar surface area (TPSA) is 67.4 Å². The van der Waals surface area contributed by atoms with Crippen LogP contribution in [0.1, 0.15) is 19.4 Å². The minimum atomic E-state index is 0.0323. The highest BCUT2D eigenvalue weighted by Gasteiger charge is 2.13. The summed E-state index contributed by atoms with van der Waals surface area (Å²) in [6.45, 7) is 1.95. The van der Waals surface area contributed by atoms with Crippen LogP contribution in [0.2, 0.25) is 5.28 Å². The van der Waals surface area contributed by atoms with Crippen molar-refractivity contribution in [1.82, 2.24) is 19.7 Å². The number of hydrogen-bond donors (Lipinski definition) is 0. The first-order valence-electron chi connectivity index (χ1n) is 6.01. The Morgan fingerprint density at radius 3 is 3.15 bits per heavy atom. The summed E-state index contributed by atoms with van der Waals surface area (Å²) in [5.74, 6) is 0. The van der Waals surface area contributed by atoms with Gasteiger partial charge in [-0.1, -0.05) is 0 Å². The largest absolute Gasteiger partial charge is 0.268 e. The molecule has 7 heteroatoms. The maximum Gasteiger partial charge on any atom is 0.223 e. The maximum absolute atomic E-state index is 8.74. The van der Waals surface area contributed by atoms with E-state index in [9.17, 15) is 0 Å². The molecule has 5 nitrogen and oxygen atoms in total. The van der Waals surface area contributed by atoms with Crippen molar-refractivity contribution in [2.45, 2.75) is 19.4 Å². The summed E-state index contributed by atoms with van der Waals surface area (Å²) >= 11 is 7.53. The molecule has 0 aliphatic heterocycles. The van der Waals surface area contributed by atoms with Gasteiger partial charge in [0.25, 0.3) is 0 Å². The summed E-state index contributed by atoms with van der Waals surface area (Å²) in [4.78, 5) is 8.50. The Hall–Kier alpha value is -1.97. The molecule has 3 aromatic heterocycles. The number of nitrogens with zero attached hydrogens (tertiary/aromatic N) is 5.